The number of pyridine rings is 1. The van der Waals surface area contributed by atoms with Crippen molar-refractivity contribution in [3.63, 3.8) is 0 Å². The van der Waals surface area contributed by atoms with Crippen LogP contribution in [0, 0.1) is 0 Å². The van der Waals surface area contributed by atoms with Crippen LogP contribution in [0.1, 0.15) is 25.3 Å². The number of H-pyrrole nitrogens is 1. The molecule has 0 spiro atoms. The Morgan fingerprint density at radius 3 is 2.52 bits per heavy atom. The molecule has 0 amide bonds. The summed E-state index contributed by atoms with van der Waals surface area (Å²) in [5.74, 6) is 0. The van der Waals surface area contributed by atoms with E-state index in [0.29, 0.717) is 6.26 Å². The lowest BCUT2D eigenvalue weighted by atomic mass is 10.1. The van der Waals surface area contributed by atoms with Gasteiger partial charge in [0.25, 0.3) is 10.1 Å². The van der Waals surface area contributed by atoms with Gasteiger partial charge in [0.1, 0.15) is 0 Å². The second-order valence-corrected chi connectivity index (χ2v) is 8.28. The molecular formula is C21H24N4O3S. The smallest absolute Gasteiger partial charge is 0.261 e. The van der Waals surface area contributed by atoms with Gasteiger partial charge >= 0.3 is 0 Å². The molecule has 0 radical (unpaired) electrons. The molecule has 4 rings (SSSR count). The average molecular weight is 413 g/mol. The van der Waals surface area contributed by atoms with Crippen molar-refractivity contribution in [3.8, 4) is 0 Å². The predicted molar refractivity (Wildman–Crippen MR) is 117 cm³/mol. The summed E-state index contributed by atoms with van der Waals surface area (Å²) in [4.78, 5) is 4.47. The van der Waals surface area contributed by atoms with E-state index in [1.54, 1.807) is 0 Å². The van der Waals surface area contributed by atoms with Crippen molar-refractivity contribution in [2.45, 2.75) is 26.2 Å². The molecule has 0 atom stereocenters. The summed E-state index contributed by atoms with van der Waals surface area (Å²) in [6, 6.07) is 14.8. The number of aromatic amines is 1. The Labute approximate surface area is 169 Å². The van der Waals surface area contributed by atoms with Gasteiger partial charge in [-0.15, -0.1) is 0 Å². The molecule has 3 N–H and O–H groups in total. The maximum Gasteiger partial charge on any atom is 0.261 e. The molecule has 29 heavy (non-hydrogen) atoms. The quantitative estimate of drug-likeness (QED) is 0.410. The van der Waals surface area contributed by atoms with Gasteiger partial charge in [0.05, 0.1) is 29.2 Å². The molecule has 2 aromatic carbocycles. The maximum absolute atomic E-state index is 9.19. The Morgan fingerprint density at radius 1 is 1.10 bits per heavy atom. The normalized spacial score (nSPS) is 11.3. The fraction of sp³-hybridized carbons (Fsp3) is 0.238. The molecule has 2 heterocycles. The van der Waals surface area contributed by atoms with Gasteiger partial charge in [0.15, 0.2) is 0 Å². The molecule has 0 aliphatic carbocycles. The molecule has 8 heteroatoms. The highest BCUT2D eigenvalue weighted by molar-refractivity contribution is 7.85. The van der Waals surface area contributed by atoms with Crippen molar-refractivity contribution in [2.24, 2.45) is 0 Å². The largest absolute Gasteiger partial charge is 0.355 e. The van der Waals surface area contributed by atoms with Crippen molar-refractivity contribution in [1.29, 1.82) is 0 Å². The van der Waals surface area contributed by atoms with Gasteiger partial charge in [-0.2, -0.15) is 13.5 Å². The van der Waals surface area contributed by atoms with Crippen molar-refractivity contribution in [1.82, 2.24) is 15.2 Å². The lowest BCUT2D eigenvalue weighted by molar-refractivity contribution is 0.490. The predicted octanol–water partition coefficient (Wildman–Crippen LogP) is 4.70. The SMILES string of the molecule is CCCCc1ccc(Nc2ccnc3ccc4cn[nH]c4c23)cc1.CS(=O)(=O)O. The third-order valence-corrected chi connectivity index (χ3v) is 4.37. The molecule has 152 valence electrons. The number of anilines is 2. The zero-order valence-electron chi connectivity index (χ0n) is 16.4. The molecule has 4 aromatic rings. The first kappa shape index (κ1) is 20.8. The summed E-state index contributed by atoms with van der Waals surface area (Å²) in [6.45, 7) is 2.22. The monoisotopic (exact) mass is 412 g/mol. The minimum Gasteiger partial charge on any atom is -0.355 e. The van der Waals surface area contributed by atoms with Gasteiger partial charge < -0.3 is 5.32 Å². The first-order chi connectivity index (χ1) is 13.8. The van der Waals surface area contributed by atoms with E-state index in [-0.39, 0.29) is 0 Å². The van der Waals surface area contributed by atoms with Crippen molar-refractivity contribution >= 4 is 43.3 Å². The van der Waals surface area contributed by atoms with Crippen LogP contribution < -0.4 is 5.32 Å². The second kappa shape index (κ2) is 9.02. The Bertz CT molecular complexity index is 1190. The fourth-order valence-corrected chi connectivity index (χ4v) is 3.05. The number of hydrogen-bond donors (Lipinski definition) is 3. The van der Waals surface area contributed by atoms with E-state index in [4.69, 9.17) is 4.55 Å². The molecule has 2 aromatic heterocycles. The van der Waals surface area contributed by atoms with Crippen LogP contribution in [0.2, 0.25) is 0 Å². The summed E-state index contributed by atoms with van der Waals surface area (Å²) >= 11 is 0. The summed E-state index contributed by atoms with van der Waals surface area (Å²) in [7, 11) is -3.67. The summed E-state index contributed by atoms with van der Waals surface area (Å²) in [5, 5.41) is 12.9. The van der Waals surface area contributed by atoms with E-state index in [1.807, 2.05) is 30.6 Å². The van der Waals surface area contributed by atoms with Crippen molar-refractivity contribution in [3.05, 3.63) is 60.4 Å². The number of aryl methyl sites for hydroxylation is 1. The number of hydrogen-bond acceptors (Lipinski definition) is 5. The van der Waals surface area contributed by atoms with Crippen LogP contribution in [-0.4, -0.2) is 34.4 Å². The highest BCUT2D eigenvalue weighted by atomic mass is 32.2. The second-order valence-electron chi connectivity index (χ2n) is 6.81. The fourth-order valence-electron chi connectivity index (χ4n) is 3.05. The van der Waals surface area contributed by atoms with Crippen LogP contribution in [0.15, 0.2) is 54.9 Å². The number of unbranched alkanes of at least 4 members (excludes halogenated alkanes) is 1. The zero-order valence-corrected chi connectivity index (χ0v) is 17.2. The van der Waals surface area contributed by atoms with E-state index in [2.05, 4.69) is 51.7 Å². The standard InChI is InChI=1S/C20H20N4.CH4O3S/c1-2-3-4-14-5-8-16(9-6-14)23-18-11-12-21-17-10-7-15-13-22-24-20(15)19(17)18;1-5(2,3)4/h5-13H,2-4H2,1H3,(H,21,23)(H,22,24);1H3,(H,2,3,4). The van der Waals surface area contributed by atoms with Crippen LogP contribution in [0.25, 0.3) is 21.8 Å². The average Bonchev–Trinajstić information content (AvgIpc) is 3.15. The van der Waals surface area contributed by atoms with Crippen LogP contribution in [0.3, 0.4) is 0 Å². The first-order valence-corrected chi connectivity index (χ1v) is 11.2. The minimum atomic E-state index is -3.67. The number of benzene rings is 2. The van der Waals surface area contributed by atoms with Crippen molar-refractivity contribution in [2.75, 3.05) is 11.6 Å². The van der Waals surface area contributed by atoms with Gasteiger partial charge in [-0.1, -0.05) is 25.5 Å². The molecule has 0 bridgehead atoms. The molecule has 0 aliphatic heterocycles. The third-order valence-electron chi connectivity index (χ3n) is 4.37. The lowest BCUT2D eigenvalue weighted by Gasteiger charge is -2.11. The number of nitrogens with zero attached hydrogens (tertiary/aromatic N) is 2. The van der Waals surface area contributed by atoms with Gasteiger partial charge in [-0.25, -0.2) is 0 Å². The van der Waals surface area contributed by atoms with E-state index in [0.717, 1.165) is 39.6 Å². The maximum atomic E-state index is 9.19. The highest BCUT2D eigenvalue weighted by Crippen LogP contribution is 2.30. The number of nitrogens with one attached hydrogen (secondary N) is 2. The van der Waals surface area contributed by atoms with Gasteiger partial charge in [-0.05, 0) is 48.7 Å². The highest BCUT2D eigenvalue weighted by Gasteiger charge is 2.08. The van der Waals surface area contributed by atoms with Crippen LogP contribution in [0.4, 0.5) is 11.4 Å². The van der Waals surface area contributed by atoms with E-state index in [9.17, 15) is 8.42 Å². The summed E-state index contributed by atoms with van der Waals surface area (Å²) in [6.07, 6.45) is 8.00. The van der Waals surface area contributed by atoms with Gasteiger partial charge in [-0.3, -0.25) is 14.6 Å². The Kier molecular flexibility index (Phi) is 6.46. The molecule has 0 aliphatic rings. The molecule has 7 nitrogen and oxygen atoms in total. The van der Waals surface area contributed by atoms with Crippen LogP contribution in [-0.2, 0) is 16.5 Å². The Hall–Kier alpha value is -2.97. The van der Waals surface area contributed by atoms with Crippen LogP contribution >= 0.6 is 0 Å². The molecule has 0 saturated heterocycles. The van der Waals surface area contributed by atoms with Crippen LogP contribution in [0.5, 0.6) is 0 Å². The van der Waals surface area contributed by atoms with E-state index < -0.39 is 10.1 Å². The molecule has 0 saturated carbocycles. The minimum absolute atomic E-state index is 0.715. The topological polar surface area (TPSA) is 108 Å². The van der Waals surface area contributed by atoms with Gasteiger partial charge in [0, 0.05) is 22.7 Å². The lowest BCUT2D eigenvalue weighted by Crippen LogP contribution is -1.94. The number of rotatable bonds is 5. The Morgan fingerprint density at radius 2 is 1.83 bits per heavy atom. The Balaban J connectivity index is 0.000000431. The molecular weight excluding hydrogens is 388 g/mol. The number of fused-ring (bicyclic) bond motifs is 3. The molecule has 0 unspecified atom stereocenters. The zero-order chi connectivity index (χ0) is 20.9. The summed E-state index contributed by atoms with van der Waals surface area (Å²) in [5.41, 5.74) is 5.48. The molecule has 0 fully saturated rings. The summed E-state index contributed by atoms with van der Waals surface area (Å²) < 4.78 is 25.9. The van der Waals surface area contributed by atoms with Crippen molar-refractivity contribution < 1.29 is 13.0 Å². The van der Waals surface area contributed by atoms with E-state index >= 15 is 0 Å². The third kappa shape index (κ3) is 5.75. The van der Waals surface area contributed by atoms with E-state index in [1.165, 1.54) is 18.4 Å². The first-order valence-electron chi connectivity index (χ1n) is 9.34. The number of aromatic nitrogens is 3. The van der Waals surface area contributed by atoms with Gasteiger partial charge in [0.2, 0.25) is 0 Å².